The fourth-order valence-electron chi connectivity index (χ4n) is 2.09. The fraction of sp³-hybridized carbons (Fsp3) is 0.286. The average molecular weight is 434 g/mol. The molecule has 1 heterocycles. The Morgan fingerprint density at radius 3 is 2.59 bits per heavy atom. The van der Waals surface area contributed by atoms with Gasteiger partial charge < -0.3 is 20.1 Å². The van der Waals surface area contributed by atoms with Gasteiger partial charge in [-0.2, -0.15) is 0 Å². The summed E-state index contributed by atoms with van der Waals surface area (Å²) in [5.74, 6) is -0.920. The summed E-state index contributed by atoms with van der Waals surface area (Å²) < 4.78 is 6.22. The minimum absolute atomic E-state index is 0.108. The molecule has 0 saturated carbocycles. The third-order valence-corrected chi connectivity index (χ3v) is 4.49. The maximum Gasteiger partial charge on any atom is 0.337 e. The van der Waals surface area contributed by atoms with Gasteiger partial charge in [0.05, 0.1) is 31.5 Å². The number of ether oxygens (including phenoxy) is 1. The fourth-order valence-corrected chi connectivity index (χ4v) is 3.29. The standard InChI is InChI=1S/C14H14Br2N2O4/c1-22-14(21)8-7-18(5-6-19)13(20)11(8)17-12-9(15)3-2-4-10(12)16/h2-4,17,19H,5-7H2,1H3. The van der Waals surface area contributed by atoms with Crippen LogP contribution < -0.4 is 5.32 Å². The highest BCUT2D eigenvalue weighted by atomic mass is 79.9. The number of β-amino-alcohol motifs (C(OH)–C–C–N with tert-alkyl or cyclic N) is 1. The Morgan fingerprint density at radius 2 is 2.05 bits per heavy atom. The lowest BCUT2D eigenvalue weighted by Gasteiger charge is -2.15. The normalized spacial score (nSPS) is 14.5. The van der Waals surface area contributed by atoms with Crippen LogP contribution in [0.15, 0.2) is 38.4 Å². The molecule has 118 valence electrons. The summed E-state index contributed by atoms with van der Waals surface area (Å²) in [6.45, 7) is 0.0876. The quantitative estimate of drug-likeness (QED) is 0.693. The van der Waals surface area contributed by atoms with Crippen molar-refractivity contribution in [1.29, 1.82) is 0 Å². The van der Waals surface area contributed by atoms with Crippen molar-refractivity contribution in [1.82, 2.24) is 4.90 Å². The molecule has 0 bridgehead atoms. The Labute approximate surface area is 144 Å². The number of halogens is 2. The molecule has 2 N–H and O–H groups in total. The Kier molecular flexibility index (Phi) is 5.60. The zero-order valence-electron chi connectivity index (χ0n) is 11.7. The first-order chi connectivity index (χ1) is 10.5. The number of carbonyl (C=O) groups is 2. The summed E-state index contributed by atoms with van der Waals surface area (Å²) in [7, 11) is 1.26. The molecule has 1 aliphatic rings. The van der Waals surface area contributed by atoms with Crippen LogP contribution in [0.2, 0.25) is 0 Å². The third kappa shape index (κ3) is 3.34. The largest absolute Gasteiger partial charge is 0.466 e. The highest BCUT2D eigenvalue weighted by molar-refractivity contribution is 9.11. The van der Waals surface area contributed by atoms with Gasteiger partial charge in [0.1, 0.15) is 5.70 Å². The van der Waals surface area contributed by atoms with Crippen molar-refractivity contribution in [3.8, 4) is 0 Å². The number of amides is 1. The highest BCUT2D eigenvalue weighted by Gasteiger charge is 2.34. The molecule has 8 heteroatoms. The number of esters is 1. The maximum atomic E-state index is 12.4. The van der Waals surface area contributed by atoms with E-state index in [-0.39, 0.29) is 36.9 Å². The lowest BCUT2D eigenvalue weighted by atomic mass is 10.2. The van der Waals surface area contributed by atoms with Gasteiger partial charge in [0.25, 0.3) is 5.91 Å². The van der Waals surface area contributed by atoms with Crippen LogP contribution >= 0.6 is 31.9 Å². The predicted molar refractivity (Wildman–Crippen MR) is 88.2 cm³/mol. The van der Waals surface area contributed by atoms with E-state index in [0.717, 1.165) is 8.95 Å². The van der Waals surface area contributed by atoms with E-state index in [9.17, 15) is 9.59 Å². The second-order valence-corrected chi connectivity index (χ2v) is 6.23. The minimum Gasteiger partial charge on any atom is -0.466 e. The molecule has 0 aliphatic carbocycles. The van der Waals surface area contributed by atoms with Crippen LogP contribution in [-0.4, -0.2) is 48.7 Å². The molecule has 1 aliphatic heterocycles. The second kappa shape index (κ2) is 7.26. The van der Waals surface area contributed by atoms with Gasteiger partial charge in [0.2, 0.25) is 0 Å². The predicted octanol–water partition coefficient (Wildman–Crippen LogP) is 1.89. The number of aliphatic hydroxyl groups excluding tert-OH is 1. The molecule has 0 atom stereocenters. The number of nitrogens with one attached hydrogen (secondary N) is 1. The Balaban J connectivity index is 2.39. The number of benzene rings is 1. The topological polar surface area (TPSA) is 78.9 Å². The van der Waals surface area contributed by atoms with Crippen LogP contribution in [0.4, 0.5) is 5.69 Å². The zero-order chi connectivity index (χ0) is 16.3. The number of anilines is 1. The molecule has 1 aromatic carbocycles. The average Bonchev–Trinajstić information content (AvgIpc) is 2.80. The van der Waals surface area contributed by atoms with Gasteiger partial charge in [-0.15, -0.1) is 0 Å². The van der Waals surface area contributed by atoms with E-state index >= 15 is 0 Å². The minimum atomic E-state index is -0.570. The van der Waals surface area contributed by atoms with E-state index in [1.165, 1.54) is 12.0 Å². The SMILES string of the molecule is COC(=O)C1=C(Nc2c(Br)cccc2Br)C(=O)N(CCO)C1. The Morgan fingerprint density at radius 1 is 1.41 bits per heavy atom. The Bertz CT molecular complexity index is 625. The molecular formula is C14H14Br2N2O4. The molecular weight excluding hydrogens is 420 g/mol. The van der Waals surface area contributed by atoms with Crippen LogP contribution in [0.25, 0.3) is 0 Å². The van der Waals surface area contributed by atoms with E-state index in [4.69, 9.17) is 9.84 Å². The second-order valence-electron chi connectivity index (χ2n) is 4.52. The molecule has 1 aromatic rings. The van der Waals surface area contributed by atoms with Gasteiger partial charge in [-0.25, -0.2) is 4.79 Å². The number of methoxy groups -OCH3 is 1. The van der Waals surface area contributed by atoms with Crippen molar-refractivity contribution in [3.63, 3.8) is 0 Å². The summed E-state index contributed by atoms with van der Waals surface area (Å²) in [5, 5.41) is 12.0. The van der Waals surface area contributed by atoms with Gasteiger partial charge in [-0.3, -0.25) is 4.79 Å². The molecule has 0 fully saturated rings. The van der Waals surface area contributed by atoms with E-state index in [2.05, 4.69) is 37.2 Å². The highest BCUT2D eigenvalue weighted by Crippen LogP contribution is 2.33. The van der Waals surface area contributed by atoms with Crippen molar-refractivity contribution < 1.29 is 19.4 Å². The van der Waals surface area contributed by atoms with Crippen LogP contribution in [0.3, 0.4) is 0 Å². The monoisotopic (exact) mass is 432 g/mol. The van der Waals surface area contributed by atoms with Gasteiger partial charge in [0, 0.05) is 15.5 Å². The first-order valence-corrected chi connectivity index (χ1v) is 8.00. The van der Waals surface area contributed by atoms with Crippen LogP contribution in [0.1, 0.15) is 0 Å². The number of rotatable bonds is 5. The number of para-hydroxylation sites is 1. The smallest absolute Gasteiger partial charge is 0.337 e. The first-order valence-electron chi connectivity index (χ1n) is 6.42. The summed E-state index contributed by atoms with van der Waals surface area (Å²) >= 11 is 6.80. The van der Waals surface area contributed by atoms with Crippen molar-refractivity contribution in [2.24, 2.45) is 0 Å². The first kappa shape index (κ1) is 17.0. The van der Waals surface area contributed by atoms with Crippen LogP contribution in [0, 0.1) is 0 Å². The van der Waals surface area contributed by atoms with Gasteiger partial charge >= 0.3 is 5.97 Å². The maximum absolute atomic E-state index is 12.4. The number of aliphatic hydroxyl groups is 1. The third-order valence-electron chi connectivity index (χ3n) is 3.17. The number of hydrogen-bond donors (Lipinski definition) is 2. The summed E-state index contributed by atoms with van der Waals surface area (Å²) in [6.07, 6.45) is 0. The lowest BCUT2D eigenvalue weighted by Crippen LogP contribution is -2.31. The number of nitrogens with zero attached hydrogens (tertiary/aromatic N) is 1. The summed E-state index contributed by atoms with van der Waals surface area (Å²) in [6, 6.07) is 5.47. The molecule has 2 rings (SSSR count). The number of hydrogen-bond acceptors (Lipinski definition) is 5. The van der Waals surface area contributed by atoms with Crippen molar-refractivity contribution in [2.45, 2.75) is 0 Å². The van der Waals surface area contributed by atoms with Gasteiger partial charge in [-0.05, 0) is 44.0 Å². The molecule has 0 saturated heterocycles. The zero-order valence-corrected chi connectivity index (χ0v) is 14.9. The van der Waals surface area contributed by atoms with Crippen molar-refractivity contribution in [2.75, 3.05) is 32.1 Å². The van der Waals surface area contributed by atoms with E-state index in [0.29, 0.717) is 5.69 Å². The van der Waals surface area contributed by atoms with E-state index < -0.39 is 5.97 Å². The van der Waals surface area contributed by atoms with Gasteiger partial charge in [-0.1, -0.05) is 6.07 Å². The van der Waals surface area contributed by atoms with Crippen molar-refractivity contribution >= 4 is 49.4 Å². The van der Waals surface area contributed by atoms with E-state index in [1.807, 2.05) is 18.2 Å². The summed E-state index contributed by atoms with van der Waals surface area (Å²) in [5.41, 5.74) is 1.04. The van der Waals surface area contributed by atoms with Crippen LogP contribution in [-0.2, 0) is 14.3 Å². The molecule has 0 aromatic heterocycles. The van der Waals surface area contributed by atoms with Crippen molar-refractivity contribution in [3.05, 3.63) is 38.4 Å². The molecule has 0 unspecified atom stereocenters. The summed E-state index contributed by atoms with van der Waals surface area (Å²) in [4.78, 5) is 25.7. The molecule has 6 nitrogen and oxygen atoms in total. The van der Waals surface area contributed by atoms with E-state index in [1.54, 1.807) is 0 Å². The van der Waals surface area contributed by atoms with Crippen LogP contribution in [0.5, 0.6) is 0 Å². The lowest BCUT2D eigenvalue weighted by molar-refractivity contribution is -0.136. The molecule has 1 amide bonds. The molecule has 0 spiro atoms. The molecule has 0 radical (unpaired) electrons. The van der Waals surface area contributed by atoms with Gasteiger partial charge in [0.15, 0.2) is 0 Å². The number of carbonyl (C=O) groups excluding carboxylic acids is 2. The molecule has 22 heavy (non-hydrogen) atoms. The Hall–Kier alpha value is -1.38.